The zero-order valence-corrected chi connectivity index (χ0v) is 12.6. The Morgan fingerprint density at radius 2 is 1.95 bits per heavy atom. The Bertz CT molecular complexity index is 465. The molecule has 4 heteroatoms. The molecule has 0 spiro atoms. The molecule has 1 aliphatic carbocycles. The molecule has 0 aromatic heterocycles. The number of rotatable bonds is 4. The van der Waals surface area contributed by atoms with E-state index in [0.29, 0.717) is 13.2 Å². The van der Waals surface area contributed by atoms with Crippen LogP contribution < -0.4 is 9.47 Å². The molecule has 0 radical (unpaired) electrons. The normalized spacial score (nSPS) is 21.7. The van der Waals surface area contributed by atoms with E-state index in [2.05, 4.69) is 0 Å². The number of alkyl halides is 1. The first kappa shape index (κ1) is 14.0. The van der Waals surface area contributed by atoms with E-state index in [-0.39, 0.29) is 11.0 Å². The van der Waals surface area contributed by atoms with Gasteiger partial charge < -0.3 is 14.2 Å². The highest BCUT2D eigenvalue weighted by Gasteiger charge is 2.39. The van der Waals surface area contributed by atoms with E-state index in [0.717, 1.165) is 42.7 Å². The molecule has 20 heavy (non-hydrogen) atoms. The van der Waals surface area contributed by atoms with Crippen molar-refractivity contribution in [3.8, 4) is 11.5 Å². The van der Waals surface area contributed by atoms with Crippen molar-refractivity contribution in [1.82, 2.24) is 0 Å². The van der Waals surface area contributed by atoms with Crippen molar-refractivity contribution in [2.24, 2.45) is 0 Å². The standard InChI is InChI=1S/C16H21ClO3/c1-18-16(6-2-7-16)11-13(17)12-4-5-14-15(10-12)20-9-3-8-19-14/h4-5,10,13H,2-3,6-9,11H2,1H3. The third-order valence-electron chi connectivity index (χ3n) is 4.38. The summed E-state index contributed by atoms with van der Waals surface area (Å²) in [4.78, 5) is 0. The van der Waals surface area contributed by atoms with Crippen LogP contribution in [0, 0.1) is 0 Å². The van der Waals surface area contributed by atoms with Gasteiger partial charge in [0.25, 0.3) is 0 Å². The lowest BCUT2D eigenvalue weighted by atomic mass is 9.76. The second kappa shape index (κ2) is 5.82. The predicted octanol–water partition coefficient (Wildman–Crippen LogP) is 4.09. The van der Waals surface area contributed by atoms with E-state index in [4.69, 9.17) is 25.8 Å². The summed E-state index contributed by atoms with van der Waals surface area (Å²) < 4.78 is 17.0. The minimum Gasteiger partial charge on any atom is -0.490 e. The summed E-state index contributed by atoms with van der Waals surface area (Å²) in [7, 11) is 1.79. The molecule has 1 aromatic rings. The van der Waals surface area contributed by atoms with Crippen LogP contribution in [-0.4, -0.2) is 25.9 Å². The molecule has 1 aromatic carbocycles. The second-order valence-corrected chi connectivity index (χ2v) is 6.20. The van der Waals surface area contributed by atoms with Crippen molar-refractivity contribution in [3.05, 3.63) is 23.8 Å². The Labute approximate surface area is 125 Å². The van der Waals surface area contributed by atoms with Crippen molar-refractivity contribution in [3.63, 3.8) is 0 Å². The zero-order valence-electron chi connectivity index (χ0n) is 11.9. The maximum Gasteiger partial charge on any atom is 0.161 e. The Hall–Kier alpha value is -0.930. The fraction of sp³-hybridized carbons (Fsp3) is 0.625. The molecule has 0 N–H and O–H groups in total. The van der Waals surface area contributed by atoms with Crippen molar-refractivity contribution in [2.45, 2.75) is 43.1 Å². The van der Waals surface area contributed by atoms with Crippen LogP contribution in [0.15, 0.2) is 18.2 Å². The van der Waals surface area contributed by atoms with Gasteiger partial charge in [-0.1, -0.05) is 6.07 Å². The molecule has 1 saturated carbocycles. The largest absolute Gasteiger partial charge is 0.490 e. The minimum absolute atomic E-state index is 0.0173. The lowest BCUT2D eigenvalue weighted by Crippen LogP contribution is -2.39. The summed E-state index contributed by atoms with van der Waals surface area (Å²) in [6.45, 7) is 1.41. The number of halogens is 1. The number of hydrogen-bond donors (Lipinski definition) is 0. The minimum atomic E-state index is -0.0487. The first-order valence-corrected chi connectivity index (χ1v) is 7.75. The third-order valence-corrected chi connectivity index (χ3v) is 4.79. The Morgan fingerprint density at radius 3 is 2.60 bits per heavy atom. The van der Waals surface area contributed by atoms with Crippen LogP contribution in [0.5, 0.6) is 11.5 Å². The maximum absolute atomic E-state index is 6.59. The summed E-state index contributed by atoms with van der Waals surface area (Å²) in [5.74, 6) is 1.63. The molecule has 1 heterocycles. The highest BCUT2D eigenvalue weighted by Crippen LogP contribution is 2.45. The zero-order chi connectivity index (χ0) is 14.0. The van der Waals surface area contributed by atoms with Crippen LogP contribution in [0.3, 0.4) is 0 Å². The van der Waals surface area contributed by atoms with Gasteiger partial charge in [-0.25, -0.2) is 0 Å². The third kappa shape index (κ3) is 2.75. The van der Waals surface area contributed by atoms with E-state index in [1.807, 2.05) is 18.2 Å². The van der Waals surface area contributed by atoms with E-state index in [1.54, 1.807) is 7.11 Å². The molecular weight excluding hydrogens is 276 g/mol. The Kier molecular flexibility index (Phi) is 4.08. The van der Waals surface area contributed by atoms with Crippen molar-refractivity contribution in [2.75, 3.05) is 20.3 Å². The van der Waals surface area contributed by atoms with Gasteiger partial charge in [-0.2, -0.15) is 0 Å². The Morgan fingerprint density at radius 1 is 1.20 bits per heavy atom. The van der Waals surface area contributed by atoms with Crippen LogP contribution in [0.2, 0.25) is 0 Å². The summed E-state index contributed by atoms with van der Waals surface area (Å²) >= 11 is 6.59. The quantitative estimate of drug-likeness (QED) is 0.783. The number of hydrogen-bond acceptors (Lipinski definition) is 3. The van der Waals surface area contributed by atoms with Gasteiger partial charge in [0.15, 0.2) is 11.5 Å². The molecule has 0 bridgehead atoms. The number of benzene rings is 1. The van der Waals surface area contributed by atoms with E-state index in [1.165, 1.54) is 6.42 Å². The molecular formula is C16H21ClO3. The molecule has 1 atom stereocenters. The Balaban J connectivity index is 1.74. The summed E-state index contributed by atoms with van der Waals surface area (Å²) in [5, 5.41) is -0.0487. The molecule has 1 fully saturated rings. The van der Waals surface area contributed by atoms with E-state index < -0.39 is 0 Å². The maximum atomic E-state index is 6.59. The van der Waals surface area contributed by atoms with Crippen molar-refractivity contribution in [1.29, 1.82) is 0 Å². The second-order valence-electron chi connectivity index (χ2n) is 5.67. The fourth-order valence-corrected chi connectivity index (χ4v) is 3.30. The molecule has 0 amide bonds. The fourth-order valence-electron chi connectivity index (χ4n) is 2.88. The van der Waals surface area contributed by atoms with Crippen molar-refractivity contribution >= 4 is 11.6 Å². The molecule has 3 rings (SSSR count). The van der Waals surface area contributed by atoms with Crippen LogP contribution in [0.1, 0.15) is 43.0 Å². The highest BCUT2D eigenvalue weighted by molar-refractivity contribution is 6.20. The number of ether oxygens (including phenoxy) is 3. The van der Waals surface area contributed by atoms with Crippen molar-refractivity contribution < 1.29 is 14.2 Å². The van der Waals surface area contributed by atoms with Gasteiger partial charge in [0.1, 0.15) is 0 Å². The first-order valence-electron chi connectivity index (χ1n) is 7.31. The summed E-state index contributed by atoms with van der Waals surface area (Å²) in [6.07, 6.45) is 5.22. The molecule has 1 unspecified atom stereocenters. The van der Waals surface area contributed by atoms with E-state index in [9.17, 15) is 0 Å². The average molecular weight is 297 g/mol. The van der Waals surface area contributed by atoms with Crippen LogP contribution >= 0.6 is 11.6 Å². The van der Waals surface area contributed by atoms with Gasteiger partial charge in [-0.05, 0) is 43.4 Å². The monoisotopic (exact) mass is 296 g/mol. The summed E-state index contributed by atoms with van der Waals surface area (Å²) in [5.41, 5.74) is 1.07. The lowest BCUT2D eigenvalue weighted by Gasteiger charge is -2.41. The number of fused-ring (bicyclic) bond motifs is 1. The first-order chi connectivity index (χ1) is 9.72. The van der Waals surface area contributed by atoms with Gasteiger partial charge >= 0.3 is 0 Å². The topological polar surface area (TPSA) is 27.7 Å². The van der Waals surface area contributed by atoms with Gasteiger partial charge in [-0.3, -0.25) is 0 Å². The van der Waals surface area contributed by atoms with Crippen LogP contribution in [0.4, 0.5) is 0 Å². The van der Waals surface area contributed by atoms with Crippen LogP contribution in [-0.2, 0) is 4.74 Å². The average Bonchev–Trinajstić information content (AvgIpc) is 2.67. The number of methoxy groups -OCH3 is 1. The van der Waals surface area contributed by atoms with Gasteiger partial charge in [0.2, 0.25) is 0 Å². The smallest absolute Gasteiger partial charge is 0.161 e. The highest BCUT2D eigenvalue weighted by atomic mass is 35.5. The van der Waals surface area contributed by atoms with Crippen LogP contribution in [0.25, 0.3) is 0 Å². The molecule has 1 aliphatic heterocycles. The van der Waals surface area contributed by atoms with Gasteiger partial charge in [0.05, 0.1) is 24.2 Å². The molecule has 3 nitrogen and oxygen atoms in total. The SMILES string of the molecule is COC1(CC(Cl)c2ccc3c(c2)OCCCO3)CCC1. The van der Waals surface area contributed by atoms with Gasteiger partial charge in [-0.15, -0.1) is 11.6 Å². The molecule has 110 valence electrons. The molecule has 0 saturated heterocycles. The predicted molar refractivity (Wildman–Crippen MR) is 78.9 cm³/mol. The lowest BCUT2D eigenvalue weighted by molar-refractivity contribution is -0.0780. The summed E-state index contributed by atoms with van der Waals surface area (Å²) in [6, 6.07) is 6.01. The van der Waals surface area contributed by atoms with E-state index >= 15 is 0 Å². The van der Waals surface area contributed by atoms with Gasteiger partial charge in [0, 0.05) is 13.5 Å². The molecule has 2 aliphatic rings.